The topological polar surface area (TPSA) is 72.0 Å². The van der Waals surface area contributed by atoms with Crippen molar-refractivity contribution >= 4 is 51.7 Å². The second-order valence-corrected chi connectivity index (χ2v) is 4.37. The fourth-order valence-corrected chi connectivity index (χ4v) is 2.48. The van der Waals surface area contributed by atoms with E-state index < -0.39 is 11.8 Å². The number of carbonyl (C=O) groups is 2. The SMILES string of the molecule is O=C1C=C(c2c(Cl)ccc3nsnc23)C(=O)N1. The molecule has 2 heterocycles. The summed E-state index contributed by atoms with van der Waals surface area (Å²) in [6.07, 6.45) is 1.22. The van der Waals surface area contributed by atoms with Crippen molar-refractivity contribution in [1.29, 1.82) is 0 Å². The Morgan fingerprint density at radius 1 is 1.24 bits per heavy atom. The van der Waals surface area contributed by atoms with Crippen molar-refractivity contribution in [3.05, 3.63) is 28.8 Å². The average molecular weight is 266 g/mol. The number of aromatic nitrogens is 2. The molecule has 2 amide bonds. The van der Waals surface area contributed by atoms with Crippen molar-refractivity contribution in [3.8, 4) is 0 Å². The summed E-state index contributed by atoms with van der Waals surface area (Å²) in [6.45, 7) is 0. The van der Waals surface area contributed by atoms with Crippen molar-refractivity contribution in [3.63, 3.8) is 0 Å². The first-order valence-corrected chi connectivity index (χ1v) is 5.76. The minimum absolute atomic E-state index is 0.235. The van der Waals surface area contributed by atoms with E-state index in [1.165, 1.54) is 6.08 Å². The van der Waals surface area contributed by atoms with Gasteiger partial charge in [0.05, 0.1) is 22.3 Å². The van der Waals surface area contributed by atoms with E-state index in [1.54, 1.807) is 12.1 Å². The van der Waals surface area contributed by atoms with E-state index in [1.807, 2.05) is 0 Å². The number of benzene rings is 1. The number of fused-ring (bicyclic) bond motifs is 1. The Morgan fingerprint density at radius 3 is 2.76 bits per heavy atom. The maximum atomic E-state index is 11.6. The molecule has 1 aromatic heterocycles. The predicted octanol–water partition coefficient (Wildman–Crippen LogP) is 1.38. The molecule has 0 saturated heterocycles. The molecule has 0 atom stereocenters. The number of rotatable bonds is 1. The summed E-state index contributed by atoms with van der Waals surface area (Å²) >= 11 is 7.09. The highest BCUT2D eigenvalue weighted by Crippen LogP contribution is 2.32. The number of amides is 2. The van der Waals surface area contributed by atoms with Gasteiger partial charge in [-0.25, -0.2) is 0 Å². The number of carbonyl (C=O) groups excluding carboxylic acids is 2. The summed E-state index contributed by atoms with van der Waals surface area (Å²) in [5, 5.41) is 2.55. The van der Waals surface area contributed by atoms with E-state index in [9.17, 15) is 9.59 Å². The molecule has 0 radical (unpaired) electrons. The van der Waals surface area contributed by atoms with Crippen LogP contribution < -0.4 is 5.32 Å². The predicted molar refractivity (Wildman–Crippen MR) is 63.6 cm³/mol. The van der Waals surface area contributed by atoms with Crippen LogP contribution in [0.5, 0.6) is 0 Å². The van der Waals surface area contributed by atoms with Gasteiger partial charge >= 0.3 is 0 Å². The quantitative estimate of drug-likeness (QED) is 0.791. The molecule has 1 aliphatic rings. The lowest BCUT2D eigenvalue weighted by Gasteiger charge is -2.03. The van der Waals surface area contributed by atoms with Gasteiger partial charge in [0.15, 0.2) is 0 Å². The van der Waals surface area contributed by atoms with Crippen LogP contribution in [0.2, 0.25) is 5.02 Å². The number of halogens is 1. The highest BCUT2D eigenvalue weighted by molar-refractivity contribution is 7.00. The van der Waals surface area contributed by atoms with Gasteiger partial charge in [0.2, 0.25) is 0 Å². The molecule has 2 aromatic rings. The molecule has 0 spiro atoms. The molecule has 1 aliphatic heterocycles. The molecule has 0 aliphatic carbocycles. The van der Waals surface area contributed by atoms with Crippen LogP contribution in [0.15, 0.2) is 18.2 Å². The molecule has 5 nitrogen and oxygen atoms in total. The Bertz CT molecular complexity index is 692. The lowest BCUT2D eigenvalue weighted by atomic mass is 10.0. The number of nitrogens with one attached hydrogen (secondary N) is 1. The molecule has 0 saturated carbocycles. The van der Waals surface area contributed by atoms with E-state index in [0.717, 1.165) is 11.7 Å². The van der Waals surface area contributed by atoms with Crippen LogP contribution in [0, 0.1) is 0 Å². The van der Waals surface area contributed by atoms with Gasteiger partial charge < -0.3 is 0 Å². The van der Waals surface area contributed by atoms with Gasteiger partial charge in [-0.3, -0.25) is 14.9 Å². The largest absolute Gasteiger partial charge is 0.289 e. The van der Waals surface area contributed by atoms with Gasteiger partial charge in [-0.05, 0) is 12.1 Å². The fourth-order valence-electron chi connectivity index (χ4n) is 1.68. The monoisotopic (exact) mass is 265 g/mol. The van der Waals surface area contributed by atoms with E-state index in [-0.39, 0.29) is 5.57 Å². The molecule has 84 valence electrons. The van der Waals surface area contributed by atoms with Crippen LogP contribution in [0.4, 0.5) is 0 Å². The number of hydrogen-bond donors (Lipinski definition) is 1. The Kier molecular flexibility index (Phi) is 2.20. The van der Waals surface area contributed by atoms with E-state index >= 15 is 0 Å². The van der Waals surface area contributed by atoms with Crippen molar-refractivity contribution < 1.29 is 9.59 Å². The zero-order valence-electron chi connectivity index (χ0n) is 8.23. The van der Waals surface area contributed by atoms with Crippen LogP contribution in [0.25, 0.3) is 16.6 Å². The van der Waals surface area contributed by atoms with Crippen molar-refractivity contribution in [2.75, 3.05) is 0 Å². The highest BCUT2D eigenvalue weighted by Gasteiger charge is 2.26. The minimum atomic E-state index is -0.461. The van der Waals surface area contributed by atoms with Crippen LogP contribution in [-0.4, -0.2) is 20.6 Å². The number of imide groups is 1. The Labute approximate surface area is 104 Å². The van der Waals surface area contributed by atoms with Crippen LogP contribution in [0.1, 0.15) is 5.56 Å². The third kappa shape index (κ3) is 1.53. The molecule has 0 unspecified atom stereocenters. The highest BCUT2D eigenvalue weighted by atomic mass is 35.5. The summed E-state index contributed by atoms with van der Waals surface area (Å²) in [5.41, 5.74) is 1.89. The van der Waals surface area contributed by atoms with Gasteiger partial charge in [0, 0.05) is 11.6 Å². The van der Waals surface area contributed by atoms with Crippen LogP contribution in [-0.2, 0) is 9.59 Å². The Morgan fingerprint density at radius 2 is 2.06 bits per heavy atom. The fraction of sp³-hybridized carbons (Fsp3) is 0. The summed E-state index contributed by atoms with van der Waals surface area (Å²) in [5.74, 6) is -0.904. The molecule has 1 aromatic carbocycles. The van der Waals surface area contributed by atoms with E-state index in [0.29, 0.717) is 21.6 Å². The van der Waals surface area contributed by atoms with E-state index in [4.69, 9.17) is 11.6 Å². The van der Waals surface area contributed by atoms with Crippen molar-refractivity contribution in [2.45, 2.75) is 0 Å². The normalized spacial score (nSPS) is 15.2. The average Bonchev–Trinajstić information content (AvgIpc) is 2.85. The van der Waals surface area contributed by atoms with E-state index in [2.05, 4.69) is 14.1 Å². The Balaban J connectivity index is 2.33. The zero-order valence-corrected chi connectivity index (χ0v) is 9.80. The first-order valence-electron chi connectivity index (χ1n) is 4.65. The molecule has 0 bridgehead atoms. The molecule has 1 N–H and O–H groups in total. The van der Waals surface area contributed by atoms with Crippen LogP contribution in [0.3, 0.4) is 0 Å². The van der Waals surface area contributed by atoms with Gasteiger partial charge in [-0.15, -0.1) is 0 Å². The maximum Gasteiger partial charge on any atom is 0.259 e. The maximum absolute atomic E-state index is 11.6. The lowest BCUT2D eigenvalue weighted by molar-refractivity contribution is -0.123. The first kappa shape index (κ1) is 10.4. The standard InChI is InChI=1S/C10H4ClN3O2S/c11-5-1-2-6-9(14-17-13-6)8(5)4-3-7(15)12-10(4)16/h1-3H,(H,12,15,16). The Hall–Kier alpha value is -1.79. The second-order valence-electron chi connectivity index (χ2n) is 3.43. The van der Waals surface area contributed by atoms with Gasteiger partial charge in [0.25, 0.3) is 11.8 Å². The molecule has 7 heteroatoms. The molecule has 0 fully saturated rings. The zero-order chi connectivity index (χ0) is 12.0. The van der Waals surface area contributed by atoms with Gasteiger partial charge in [0.1, 0.15) is 11.0 Å². The summed E-state index contributed by atoms with van der Waals surface area (Å²) in [6, 6.07) is 3.36. The van der Waals surface area contributed by atoms with Gasteiger partial charge in [-0.1, -0.05) is 11.6 Å². The van der Waals surface area contributed by atoms with Crippen LogP contribution >= 0.6 is 23.3 Å². The lowest BCUT2D eigenvalue weighted by Crippen LogP contribution is -2.21. The molecule has 17 heavy (non-hydrogen) atoms. The molecule has 3 rings (SSSR count). The summed E-state index contributed by atoms with van der Waals surface area (Å²) < 4.78 is 8.16. The smallest absolute Gasteiger partial charge is 0.259 e. The third-order valence-corrected chi connectivity index (χ3v) is 3.26. The van der Waals surface area contributed by atoms with Crippen molar-refractivity contribution in [1.82, 2.24) is 14.1 Å². The molecular weight excluding hydrogens is 262 g/mol. The number of hydrogen-bond acceptors (Lipinski definition) is 5. The molecular formula is C10H4ClN3O2S. The second kappa shape index (κ2) is 3.61. The summed E-state index contributed by atoms with van der Waals surface area (Å²) in [4.78, 5) is 22.7. The van der Waals surface area contributed by atoms with Gasteiger partial charge in [-0.2, -0.15) is 8.75 Å². The minimum Gasteiger partial charge on any atom is -0.289 e. The third-order valence-electron chi connectivity index (χ3n) is 2.40. The number of nitrogens with zero attached hydrogens (tertiary/aromatic N) is 2. The first-order chi connectivity index (χ1) is 8.16. The van der Waals surface area contributed by atoms with Crippen molar-refractivity contribution in [2.24, 2.45) is 0 Å². The summed E-state index contributed by atoms with van der Waals surface area (Å²) in [7, 11) is 0.